The average molecular weight is 271 g/mol. The van der Waals surface area contributed by atoms with E-state index in [0.717, 1.165) is 6.08 Å². The fourth-order valence-corrected chi connectivity index (χ4v) is 1.72. The molecule has 1 heterocycles. The molecular weight excluding hydrogens is 263 g/mol. The predicted molar refractivity (Wildman–Crippen MR) is 60.2 cm³/mol. The van der Waals surface area contributed by atoms with Crippen molar-refractivity contribution < 1.29 is 23.1 Å². The van der Waals surface area contributed by atoms with E-state index in [1.807, 2.05) is 0 Å². The van der Waals surface area contributed by atoms with Gasteiger partial charge in [-0.1, -0.05) is 11.3 Å². The summed E-state index contributed by atoms with van der Waals surface area (Å²) < 4.78 is 40.4. The van der Waals surface area contributed by atoms with Crippen molar-refractivity contribution in [2.75, 3.05) is 0 Å². The van der Waals surface area contributed by atoms with Gasteiger partial charge in [0, 0.05) is 13.1 Å². The molecule has 0 fully saturated rings. The van der Waals surface area contributed by atoms with Gasteiger partial charge in [0.05, 0.1) is 11.1 Å². The first kappa shape index (κ1) is 13.1. The lowest BCUT2D eigenvalue weighted by Gasteiger charge is -2.10. The SMILES string of the molecule is Cn1nnc2c(C(F)(F)F)c(C=CC(=O)O)ccc21. The monoisotopic (exact) mass is 271 g/mol. The molecule has 0 radical (unpaired) electrons. The molecule has 1 N–H and O–H groups in total. The molecule has 2 aromatic rings. The maximum absolute atomic E-state index is 13.1. The van der Waals surface area contributed by atoms with Crippen molar-refractivity contribution >= 4 is 23.1 Å². The van der Waals surface area contributed by atoms with Gasteiger partial charge in [0.25, 0.3) is 0 Å². The van der Waals surface area contributed by atoms with E-state index in [9.17, 15) is 18.0 Å². The number of aryl methyl sites for hydroxylation is 1. The summed E-state index contributed by atoms with van der Waals surface area (Å²) >= 11 is 0. The third-order valence-electron chi connectivity index (χ3n) is 2.51. The minimum absolute atomic E-state index is 0.222. The zero-order chi connectivity index (χ0) is 14.2. The van der Waals surface area contributed by atoms with Crippen molar-refractivity contribution in [2.24, 2.45) is 7.05 Å². The standard InChI is InChI=1S/C11H8F3N3O2/c1-17-7-4-2-6(3-5-8(18)19)9(11(12,13)14)10(7)15-16-17/h2-5H,1H3,(H,18,19). The lowest BCUT2D eigenvalue weighted by molar-refractivity contribution is -0.136. The number of aromatic nitrogens is 3. The number of carboxylic acids is 1. The van der Waals surface area contributed by atoms with E-state index < -0.39 is 17.7 Å². The first-order valence-corrected chi connectivity index (χ1v) is 5.11. The summed E-state index contributed by atoms with van der Waals surface area (Å²) in [4.78, 5) is 10.4. The van der Waals surface area contributed by atoms with Gasteiger partial charge in [0.2, 0.25) is 0 Å². The fourth-order valence-electron chi connectivity index (χ4n) is 1.72. The Hall–Kier alpha value is -2.38. The largest absolute Gasteiger partial charge is 0.478 e. The van der Waals surface area contributed by atoms with E-state index in [1.165, 1.54) is 23.9 Å². The molecule has 0 amide bonds. The quantitative estimate of drug-likeness (QED) is 0.849. The first-order chi connectivity index (χ1) is 8.80. The molecule has 19 heavy (non-hydrogen) atoms. The van der Waals surface area contributed by atoms with E-state index in [-0.39, 0.29) is 16.6 Å². The summed E-state index contributed by atoms with van der Waals surface area (Å²) in [6.07, 6.45) is -3.11. The number of hydrogen-bond acceptors (Lipinski definition) is 3. The molecule has 8 heteroatoms. The Labute approximate surface area is 104 Å². The van der Waals surface area contributed by atoms with Crippen LogP contribution in [-0.2, 0) is 18.0 Å². The molecule has 0 bridgehead atoms. The normalized spacial score (nSPS) is 12.4. The van der Waals surface area contributed by atoms with E-state index in [2.05, 4.69) is 10.3 Å². The minimum atomic E-state index is -4.65. The van der Waals surface area contributed by atoms with Crippen molar-refractivity contribution in [3.8, 4) is 0 Å². The fraction of sp³-hybridized carbons (Fsp3) is 0.182. The van der Waals surface area contributed by atoms with Crippen LogP contribution in [0.1, 0.15) is 11.1 Å². The molecule has 2 rings (SSSR count). The number of halogens is 3. The van der Waals surface area contributed by atoms with Crippen LogP contribution in [0.15, 0.2) is 18.2 Å². The van der Waals surface area contributed by atoms with Gasteiger partial charge in [-0.3, -0.25) is 0 Å². The Balaban J connectivity index is 2.74. The van der Waals surface area contributed by atoms with Crippen LogP contribution < -0.4 is 0 Å². The highest BCUT2D eigenvalue weighted by molar-refractivity contribution is 5.88. The van der Waals surface area contributed by atoms with Gasteiger partial charge in [-0.25, -0.2) is 9.48 Å². The van der Waals surface area contributed by atoms with Gasteiger partial charge in [0.1, 0.15) is 5.52 Å². The number of carbonyl (C=O) groups is 1. The second-order valence-electron chi connectivity index (χ2n) is 3.78. The van der Waals surface area contributed by atoms with Crippen LogP contribution in [-0.4, -0.2) is 26.1 Å². The van der Waals surface area contributed by atoms with Crippen molar-refractivity contribution in [3.05, 3.63) is 29.3 Å². The molecule has 0 unspecified atom stereocenters. The Morgan fingerprint density at radius 2 is 2.11 bits per heavy atom. The Kier molecular flexibility index (Phi) is 3.01. The number of benzene rings is 1. The lowest BCUT2D eigenvalue weighted by Crippen LogP contribution is -2.09. The second kappa shape index (κ2) is 4.38. The van der Waals surface area contributed by atoms with Crippen LogP contribution >= 0.6 is 0 Å². The van der Waals surface area contributed by atoms with Gasteiger partial charge < -0.3 is 5.11 Å². The van der Waals surface area contributed by atoms with Crippen LogP contribution in [0.5, 0.6) is 0 Å². The molecule has 1 aromatic carbocycles. The Morgan fingerprint density at radius 1 is 1.42 bits per heavy atom. The summed E-state index contributed by atoms with van der Waals surface area (Å²) in [5, 5.41) is 15.5. The van der Waals surface area contributed by atoms with E-state index >= 15 is 0 Å². The number of hydrogen-bond donors (Lipinski definition) is 1. The van der Waals surface area contributed by atoms with Crippen molar-refractivity contribution in [3.63, 3.8) is 0 Å². The maximum atomic E-state index is 13.1. The molecule has 0 aliphatic carbocycles. The summed E-state index contributed by atoms with van der Waals surface area (Å²) in [6, 6.07) is 2.60. The smallest absolute Gasteiger partial charge is 0.419 e. The third-order valence-corrected chi connectivity index (χ3v) is 2.51. The van der Waals surface area contributed by atoms with Crippen molar-refractivity contribution in [2.45, 2.75) is 6.18 Å². The molecular formula is C11H8F3N3O2. The Bertz CT molecular complexity index is 674. The Morgan fingerprint density at radius 3 is 2.68 bits per heavy atom. The summed E-state index contributed by atoms with van der Waals surface area (Å²) in [5.74, 6) is -1.33. The molecule has 1 aromatic heterocycles. The minimum Gasteiger partial charge on any atom is -0.478 e. The van der Waals surface area contributed by atoms with Crippen molar-refractivity contribution in [1.29, 1.82) is 0 Å². The van der Waals surface area contributed by atoms with Gasteiger partial charge in [-0.05, 0) is 17.7 Å². The number of fused-ring (bicyclic) bond motifs is 1. The maximum Gasteiger partial charge on any atom is 0.419 e. The number of alkyl halides is 3. The molecule has 0 spiro atoms. The summed E-state index contributed by atoms with van der Waals surface area (Å²) in [5.41, 5.74) is -1.33. The van der Waals surface area contributed by atoms with E-state index in [4.69, 9.17) is 5.11 Å². The van der Waals surface area contributed by atoms with E-state index in [0.29, 0.717) is 6.08 Å². The average Bonchev–Trinajstić information content (AvgIpc) is 2.66. The summed E-state index contributed by atoms with van der Waals surface area (Å²) in [6.45, 7) is 0. The highest BCUT2D eigenvalue weighted by Gasteiger charge is 2.36. The van der Waals surface area contributed by atoms with Gasteiger partial charge >= 0.3 is 12.1 Å². The molecule has 0 saturated carbocycles. The van der Waals surface area contributed by atoms with E-state index in [1.54, 1.807) is 0 Å². The number of rotatable bonds is 2. The predicted octanol–water partition coefficient (Wildman–Crippen LogP) is 2.08. The van der Waals surface area contributed by atoms with Crippen LogP contribution in [0.2, 0.25) is 0 Å². The van der Waals surface area contributed by atoms with Crippen LogP contribution in [0.4, 0.5) is 13.2 Å². The van der Waals surface area contributed by atoms with Gasteiger partial charge in [0.15, 0.2) is 0 Å². The third kappa shape index (κ3) is 2.42. The lowest BCUT2D eigenvalue weighted by atomic mass is 10.0. The molecule has 100 valence electrons. The zero-order valence-corrected chi connectivity index (χ0v) is 9.64. The highest BCUT2D eigenvalue weighted by Crippen LogP contribution is 2.36. The topological polar surface area (TPSA) is 68.0 Å². The molecule has 0 aliphatic rings. The first-order valence-electron chi connectivity index (χ1n) is 5.11. The van der Waals surface area contributed by atoms with Crippen LogP contribution in [0.25, 0.3) is 17.1 Å². The summed E-state index contributed by atoms with van der Waals surface area (Å²) in [7, 11) is 1.47. The number of aliphatic carboxylic acids is 1. The van der Waals surface area contributed by atoms with Crippen LogP contribution in [0.3, 0.4) is 0 Å². The molecule has 0 atom stereocenters. The van der Waals surface area contributed by atoms with Gasteiger partial charge in [-0.15, -0.1) is 5.10 Å². The molecule has 0 aliphatic heterocycles. The van der Waals surface area contributed by atoms with Crippen molar-refractivity contribution in [1.82, 2.24) is 15.0 Å². The zero-order valence-electron chi connectivity index (χ0n) is 9.64. The number of nitrogens with zero attached hydrogens (tertiary/aromatic N) is 3. The molecule has 0 saturated heterocycles. The molecule has 5 nitrogen and oxygen atoms in total. The highest BCUT2D eigenvalue weighted by atomic mass is 19.4. The number of carboxylic acid groups (broad SMARTS) is 1. The second-order valence-corrected chi connectivity index (χ2v) is 3.78. The van der Waals surface area contributed by atoms with Gasteiger partial charge in [-0.2, -0.15) is 13.2 Å². The van der Waals surface area contributed by atoms with Crippen LogP contribution in [0, 0.1) is 0 Å².